The number of aryl methyl sites for hydroxylation is 1. The molecule has 0 N–H and O–H groups in total. The van der Waals surface area contributed by atoms with E-state index in [-0.39, 0.29) is 11.6 Å². The van der Waals surface area contributed by atoms with Gasteiger partial charge in [-0.05, 0) is 44.5 Å². The summed E-state index contributed by atoms with van der Waals surface area (Å²) >= 11 is 0. The zero-order valence-electron chi connectivity index (χ0n) is 17.0. The summed E-state index contributed by atoms with van der Waals surface area (Å²) in [4.78, 5) is 30.9. The minimum absolute atomic E-state index is 0.305. The van der Waals surface area contributed by atoms with Crippen LogP contribution in [0.15, 0.2) is 64.4 Å². The number of rotatable bonds is 4. The number of imidazole rings is 1. The third-order valence-corrected chi connectivity index (χ3v) is 5.14. The average molecular weight is 399 g/mol. The first-order valence-corrected chi connectivity index (χ1v) is 9.69. The molecule has 150 valence electrons. The van der Waals surface area contributed by atoms with Crippen molar-refractivity contribution < 1.29 is 0 Å². The number of hydrogen-bond donors (Lipinski definition) is 0. The van der Waals surface area contributed by atoms with Gasteiger partial charge in [0.1, 0.15) is 0 Å². The van der Waals surface area contributed by atoms with Crippen LogP contribution >= 0.6 is 0 Å². The fourth-order valence-electron chi connectivity index (χ4n) is 3.61. The molecule has 0 aliphatic heterocycles. The molecule has 7 heteroatoms. The molecule has 0 aliphatic carbocycles. The Morgan fingerprint density at radius 3 is 2.43 bits per heavy atom. The van der Waals surface area contributed by atoms with Crippen LogP contribution in [-0.2, 0) is 6.54 Å². The van der Waals surface area contributed by atoms with Gasteiger partial charge in [0.15, 0.2) is 11.2 Å². The van der Waals surface area contributed by atoms with Crippen molar-refractivity contribution in [2.45, 2.75) is 33.4 Å². The number of nitriles is 1. The summed E-state index contributed by atoms with van der Waals surface area (Å²) in [6.45, 7) is 5.89. The molecule has 2 aromatic heterocycles. The van der Waals surface area contributed by atoms with Crippen molar-refractivity contribution in [1.29, 1.82) is 5.26 Å². The molecule has 0 saturated carbocycles. The van der Waals surface area contributed by atoms with Gasteiger partial charge < -0.3 is 4.57 Å². The van der Waals surface area contributed by atoms with Crippen molar-refractivity contribution >= 4 is 11.2 Å². The molecule has 0 unspecified atom stereocenters. The Morgan fingerprint density at radius 2 is 1.77 bits per heavy atom. The lowest BCUT2D eigenvalue weighted by Crippen LogP contribution is -2.41. The first-order valence-electron chi connectivity index (χ1n) is 9.69. The molecule has 0 amide bonds. The second kappa shape index (κ2) is 7.48. The summed E-state index contributed by atoms with van der Waals surface area (Å²) in [5, 5.41) is 9.40. The lowest BCUT2D eigenvalue weighted by Gasteiger charge is -2.15. The molecule has 0 atom stereocenters. The van der Waals surface area contributed by atoms with Gasteiger partial charge in [-0.3, -0.25) is 9.36 Å². The van der Waals surface area contributed by atoms with Crippen LogP contribution in [0.5, 0.6) is 0 Å². The molecule has 0 saturated heterocycles. The van der Waals surface area contributed by atoms with Crippen LogP contribution in [0, 0.1) is 18.3 Å². The molecule has 0 aliphatic rings. The van der Waals surface area contributed by atoms with Crippen LogP contribution in [0.3, 0.4) is 0 Å². The van der Waals surface area contributed by atoms with E-state index in [4.69, 9.17) is 0 Å². The van der Waals surface area contributed by atoms with Gasteiger partial charge in [0.05, 0.1) is 30.2 Å². The minimum Gasteiger partial charge on any atom is -0.320 e. The van der Waals surface area contributed by atoms with Crippen molar-refractivity contribution in [3.63, 3.8) is 0 Å². The normalized spacial score (nSPS) is 11.2. The molecule has 2 heterocycles. The Kier molecular flexibility index (Phi) is 4.84. The van der Waals surface area contributed by atoms with Crippen molar-refractivity contribution in [1.82, 2.24) is 18.7 Å². The van der Waals surface area contributed by atoms with E-state index in [1.165, 1.54) is 9.13 Å². The van der Waals surface area contributed by atoms with Crippen molar-refractivity contribution in [2.75, 3.05) is 0 Å². The van der Waals surface area contributed by atoms with E-state index in [9.17, 15) is 14.9 Å². The molecule has 0 fully saturated rings. The van der Waals surface area contributed by atoms with Gasteiger partial charge in [-0.1, -0.05) is 35.9 Å². The molecule has 0 radical (unpaired) electrons. The standard InChI is InChI=1S/C23H21N5O2/c1-15(2)27-22(29)20-21(28(23(27)30)19-10-8-16(3)9-11-19)25-14-26(20)13-18-7-5-4-6-17(18)12-24/h4-11,14-15H,13H2,1-3H3. The molecule has 0 bridgehead atoms. The summed E-state index contributed by atoms with van der Waals surface area (Å²) in [6, 6.07) is 16.6. The minimum atomic E-state index is -0.422. The highest BCUT2D eigenvalue weighted by atomic mass is 16.2. The fourth-order valence-corrected chi connectivity index (χ4v) is 3.61. The molecule has 4 rings (SSSR count). The highest BCUT2D eigenvalue weighted by Crippen LogP contribution is 2.17. The molecular weight excluding hydrogens is 378 g/mol. The number of nitrogens with zero attached hydrogens (tertiary/aromatic N) is 5. The predicted octanol–water partition coefficient (Wildman–Crippen LogP) is 3.16. The average Bonchev–Trinajstić information content (AvgIpc) is 3.13. The first kappa shape index (κ1) is 19.4. The van der Waals surface area contributed by atoms with Crippen LogP contribution < -0.4 is 11.2 Å². The van der Waals surface area contributed by atoms with Crippen LogP contribution in [0.1, 0.15) is 36.6 Å². The summed E-state index contributed by atoms with van der Waals surface area (Å²) in [7, 11) is 0. The third kappa shape index (κ3) is 3.12. The highest BCUT2D eigenvalue weighted by Gasteiger charge is 2.21. The van der Waals surface area contributed by atoms with Crippen LogP contribution in [0.25, 0.3) is 16.9 Å². The SMILES string of the molecule is Cc1ccc(-n2c(=O)n(C(C)C)c(=O)c3c2ncn3Cc2ccccc2C#N)cc1. The summed E-state index contributed by atoms with van der Waals surface area (Å²) in [6.07, 6.45) is 1.55. The summed E-state index contributed by atoms with van der Waals surface area (Å²) < 4.78 is 4.43. The van der Waals surface area contributed by atoms with Gasteiger partial charge in [0.25, 0.3) is 5.56 Å². The van der Waals surface area contributed by atoms with E-state index >= 15 is 0 Å². The van der Waals surface area contributed by atoms with Gasteiger partial charge >= 0.3 is 5.69 Å². The zero-order valence-corrected chi connectivity index (χ0v) is 17.0. The zero-order chi connectivity index (χ0) is 21.4. The molecule has 2 aromatic carbocycles. The van der Waals surface area contributed by atoms with Crippen molar-refractivity contribution in [2.24, 2.45) is 0 Å². The summed E-state index contributed by atoms with van der Waals surface area (Å²) in [5.74, 6) is 0. The first-order chi connectivity index (χ1) is 14.4. The largest absolute Gasteiger partial charge is 0.337 e. The summed E-state index contributed by atoms with van der Waals surface area (Å²) in [5.41, 5.74) is 2.86. The molecule has 7 nitrogen and oxygen atoms in total. The van der Waals surface area contributed by atoms with E-state index in [2.05, 4.69) is 11.1 Å². The van der Waals surface area contributed by atoms with Crippen LogP contribution in [-0.4, -0.2) is 18.7 Å². The van der Waals surface area contributed by atoms with E-state index in [1.54, 1.807) is 36.9 Å². The fraction of sp³-hybridized carbons (Fsp3) is 0.217. The maximum absolute atomic E-state index is 13.3. The monoisotopic (exact) mass is 399 g/mol. The van der Waals surface area contributed by atoms with E-state index in [0.717, 1.165) is 11.1 Å². The maximum atomic E-state index is 13.3. The number of hydrogen-bond acceptors (Lipinski definition) is 4. The Labute approximate surface area is 173 Å². The van der Waals surface area contributed by atoms with Crippen molar-refractivity contribution in [3.8, 4) is 11.8 Å². The van der Waals surface area contributed by atoms with Gasteiger partial charge in [-0.2, -0.15) is 5.26 Å². The number of fused-ring (bicyclic) bond motifs is 1. The predicted molar refractivity (Wildman–Crippen MR) is 115 cm³/mol. The van der Waals surface area contributed by atoms with E-state index in [0.29, 0.717) is 29.0 Å². The Morgan fingerprint density at radius 1 is 1.07 bits per heavy atom. The Bertz CT molecular complexity index is 1400. The number of aromatic nitrogens is 4. The molecule has 30 heavy (non-hydrogen) atoms. The maximum Gasteiger partial charge on any atom is 0.337 e. The molecule has 0 spiro atoms. The topological polar surface area (TPSA) is 85.6 Å². The lowest BCUT2D eigenvalue weighted by atomic mass is 10.1. The third-order valence-electron chi connectivity index (χ3n) is 5.14. The molecule has 4 aromatic rings. The van der Waals surface area contributed by atoms with Gasteiger partial charge in [0.2, 0.25) is 0 Å². The van der Waals surface area contributed by atoms with Crippen LogP contribution in [0.2, 0.25) is 0 Å². The van der Waals surface area contributed by atoms with Crippen LogP contribution in [0.4, 0.5) is 0 Å². The van der Waals surface area contributed by atoms with E-state index in [1.807, 2.05) is 43.3 Å². The number of benzene rings is 2. The highest BCUT2D eigenvalue weighted by molar-refractivity contribution is 5.72. The lowest BCUT2D eigenvalue weighted by molar-refractivity contribution is 0.539. The molecular formula is C23H21N5O2. The van der Waals surface area contributed by atoms with Gasteiger partial charge in [0, 0.05) is 6.04 Å². The quantitative estimate of drug-likeness (QED) is 0.528. The Balaban J connectivity index is 2.02. The van der Waals surface area contributed by atoms with Gasteiger partial charge in [-0.15, -0.1) is 0 Å². The van der Waals surface area contributed by atoms with E-state index < -0.39 is 5.69 Å². The Hall–Kier alpha value is -3.92. The van der Waals surface area contributed by atoms with Crippen molar-refractivity contribution in [3.05, 3.63) is 92.4 Å². The van der Waals surface area contributed by atoms with Gasteiger partial charge in [-0.25, -0.2) is 14.3 Å². The smallest absolute Gasteiger partial charge is 0.320 e. The second-order valence-corrected chi connectivity index (χ2v) is 7.54. The second-order valence-electron chi connectivity index (χ2n) is 7.54.